The molecule has 1 aliphatic heterocycles. The van der Waals surface area contributed by atoms with Crippen molar-refractivity contribution in [2.24, 2.45) is 0 Å². The molecule has 2 aromatic rings. The van der Waals surface area contributed by atoms with Gasteiger partial charge < -0.3 is 4.90 Å². The van der Waals surface area contributed by atoms with Crippen LogP contribution in [0.15, 0.2) is 36.7 Å². The average Bonchev–Trinajstić information content (AvgIpc) is 3.04. The van der Waals surface area contributed by atoms with E-state index >= 15 is 0 Å². The zero-order valence-electron chi connectivity index (χ0n) is 11.4. The van der Waals surface area contributed by atoms with Crippen LogP contribution in [0.1, 0.15) is 29.2 Å². The average molecular weight is 291 g/mol. The van der Waals surface area contributed by atoms with Crippen LogP contribution >= 0.6 is 0 Å². The van der Waals surface area contributed by atoms with E-state index in [2.05, 4.69) is 5.10 Å². The Labute approximate surface area is 121 Å². The Morgan fingerprint density at radius 1 is 1.19 bits per heavy atom. The minimum atomic E-state index is -0.993. The number of amides is 1. The molecule has 0 saturated carbocycles. The van der Waals surface area contributed by atoms with Gasteiger partial charge >= 0.3 is 0 Å². The monoisotopic (exact) mass is 291 g/mol. The fraction of sp³-hybridized carbons (Fsp3) is 0.333. The highest BCUT2D eigenvalue weighted by atomic mass is 19.2. The van der Waals surface area contributed by atoms with Crippen molar-refractivity contribution in [3.05, 3.63) is 53.9 Å². The molecule has 0 unspecified atom stereocenters. The maximum atomic E-state index is 13.2. The highest BCUT2D eigenvalue weighted by Crippen LogP contribution is 2.23. The summed E-state index contributed by atoms with van der Waals surface area (Å²) in [5, 5.41) is 4.21. The third kappa shape index (κ3) is 2.79. The smallest absolute Gasteiger partial charge is 0.253 e. The Morgan fingerprint density at radius 2 is 1.95 bits per heavy atom. The second kappa shape index (κ2) is 5.63. The number of hydrogen-bond acceptors (Lipinski definition) is 2. The van der Waals surface area contributed by atoms with Crippen LogP contribution < -0.4 is 0 Å². The topological polar surface area (TPSA) is 38.1 Å². The molecule has 1 amide bonds. The van der Waals surface area contributed by atoms with Gasteiger partial charge in [-0.1, -0.05) is 0 Å². The van der Waals surface area contributed by atoms with E-state index in [1.165, 1.54) is 6.07 Å². The standard InChI is InChI=1S/C15H15F2N3O/c16-13-3-2-11(10-14(13)17)15(21)19-8-4-12(5-9-19)20-7-1-6-18-20/h1-3,6-7,10,12H,4-5,8-9H2. The summed E-state index contributed by atoms with van der Waals surface area (Å²) in [6.45, 7) is 1.17. The van der Waals surface area contributed by atoms with E-state index in [9.17, 15) is 13.6 Å². The van der Waals surface area contributed by atoms with E-state index in [1.54, 1.807) is 11.1 Å². The number of carbonyl (C=O) groups is 1. The van der Waals surface area contributed by atoms with Gasteiger partial charge in [-0.15, -0.1) is 0 Å². The largest absolute Gasteiger partial charge is 0.338 e. The molecule has 1 fully saturated rings. The van der Waals surface area contributed by atoms with Gasteiger partial charge in [0.2, 0.25) is 0 Å². The number of carbonyl (C=O) groups excluding carboxylic acids is 1. The van der Waals surface area contributed by atoms with Crippen LogP contribution in [-0.4, -0.2) is 33.7 Å². The first-order chi connectivity index (χ1) is 10.1. The van der Waals surface area contributed by atoms with Crippen LogP contribution in [-0.2, 0) is 0 Å². The fourth-order valence-electron chi connectivity index (χ4n) is 2.64. The number of hydrogen-bond donors (Lipinski definition) is 0. The van der Waals surface area contributed by atoms with Crippen LogP contribution in [0.25, 0.3) is 0 Å². The van der Waals surface area contributed by atoms with E-state index in [4.69, 9.17) is 0 Å². The van der Waals surface area contributed by atoms with Gasteiger partial charge in [0.1, 0.15) is 0 Å². The van der Waals surface area contributed by atoms with Gasteiger partial charge in [0.25, 0.3) is 5.91 Å². The molecule has 3 rings (SSSR count). The van der Waals surface area contributed by atoms with Gasteiger partial charge in [0, 0.05) is 31.0 Å². The van der Waals surface area contributed by atoms with Gasteiger partial charge in [-0.3, -0.25) is 9.48 Å². The lowest BCUT2D eigenvalue weighted by atomic mass is 10.0. The van der Waals surface area contributed by atoms with Crippen molar-refractivity contribution in [1.29, 1.82) is 0 Å². The van der Waals surface area contributed by atoms with Gasteiger partial charge in [-0.2, -0.15) is 5.10 Å². The quantitative estimate of drug-likeness (QED) is 0.853. The molecule has 0 radical (unpaired) electrons. The number of halogens is 2. The molecule has 21 heavy (non-hydrogen) atoms. The molecule has 1 aromatic heterocycles. The molecule has 1 aromatic carbocycles. The second-order valence-corrected chi connectivity index (χ2v) is 5.14. The van der Waals surface area contributed by atoms with Crippen LogP contribution in [0, 0.1) is 11.6 Å². The zero-order chi connectivity index (χ0) is 14.8. The summed E-state index contributed by atoms with van der Waals surface area (Å²) in [5.74, 6) is -2.19. The van der Waals surface area contributed by atoms with E-state index in [-0.39, 0.29) is 17.5 Å². The molecule has 1 aliphatic rings. The van der Waals surface area contributed by atoms with E-state index < -0.39 is 11.6 Å². The van der Waals surface area contributed by atoms with Crippen LogP contribution in [0.3, 0.4) is 0 Å². The lowest BCUT2D eigenvalue weighted by molar-refractivity contribution is 0.0689. The van der Waals surface area contributed by atoms with Crippen LogP contribution in [0.2, 0.25) is 0 Å². The van der Waals surface area contributed by atoms with Crippen molar-refractivity contribution in [3.63, 3.8) is 0 Å². The Kier molecular flexibility index (Phi) is 3.68. The fourth-order valence-corrected chi connectivity index (χ4v) is 2.64. The van der Waals surface area contributed by atoms with Gasteiger partial charge in [-0.25, -0.2) is 8.78 Å². The molecular formula is C15H15F2N3O. The summed E-state index contributed by atoms with van der Waals surface area (Å²) in [5.41, 5.74) is 0.187. The van der Waals surface area contributed by atoms with E-state index in [0.717, 1.165) is 25.0 Å². The number of piperidine rings is 1. The minimum absolute atomic E-state index is 0.187. The molecule has 4 nitrogen and oxygen atoms in total. The van der Waals surface area contributed by atoms with Gasteiger partial charge in [0.15, 0.2) is 11.6 Å². The summed E-state index contributed by atoms with van der Waals surface area (Å²) in [6, 6.07) is 5.42. The van der Waals surface area contributed by atoms with Crippen molar-refractivity contribution in [2.45, 2.75) is 18.9 Å². The zero-order valence-corrected chi connectivity index (χ0v) is 11.4. The van der Waals surface area contributed by atoms with Gasteiger partial charge in [0.05, 0.1) is 6.04 Å². The first-order valence-corrected chi connectivity index (χ1v) is 6.88. The molecule has 6 heteroatoms. The maximum Gasteiger partial charge on any atom is 0.253 e. The van der Waals surface area contributed by atoms with Crippen LogP contribution in [0.4, 0.5) is 8.78 Å². The lowest BCUT2D eigenvalue weighted by Gasteiger charge is -2.32. The third-order valence-corrected chi connectivity index (χ3v) is 3.82. The second-order valence-electron chi connectivity index (χ2n) is 5.14. The molecule has 1 saturated heterocycles. The van der Waals surface area contributed by atoms with Crippen molar-refractivity contribution in [2.75, 3.05) is 13.1 Å². The normalized spacial score (nSPS) is 16.2. The van der Waals surface area contributed by atoms with E-state index in [0.29, 0.717) is 13.1 Å². The lowest BCUT2D eigenvalue weighted by Crippen LogP contribution is -2.39. The summed E-state index contributed by atoms with van der Waals surface area (Å²) in [4.78, 5) is 13.9. The summed E-state index contributed by atoms with van der Waals surface area (Å²) in [6.07, 6.45) is 5.25. The number of rotatable bonds is 2. The number of benzene rings is 1. The minimum Gasteiger partial charge on any atom is -0.338 e. The third-order valence-electron chi connectivity index (χ3n) is 3.82. The van der Waals surface area contributed by atoms with Crippen molar-refractivity contribution < 1.29 is 13.6 Å². The molecule has 0 aliphatic carbocycles. The summed E-state index contributed by atoms with van der Waals surface area (Å²) < 4.78 is 28.0. The van der Waals surface area contributed by atoms with Crippen molar-refractivity contribution >= 4 is 5.91 Å². The number of aromatic nitrogens is 2. The maximum absolute atomic E-state index is 13.2. The van der Waals surface area contributed by atoms with Gasteiger partial charge in [-0.05, 0) is 37.1 Å². The Balaban J connectivity index is 1.66. The van der Waals surface area contributed by atoms with E-state index in [1.807, 2.05) is 16.9 Å². The van der Waals surface area contributed by atoms with Crippen LogP contribution in [0.5, 0.6) is 0 Å². The SMILES string of the molecule is O=C(c1ccc(F)c(F)c1)N1CCC(n2cccn2)CC1. The molecule has 0 atom stereocenters. The molecule has 0 N–H and O–H groups in total. The molecule has 0 bridgehead atoms. The Hall–Kier alpha value is -2.24. The first kappa shape index (κ1) is 13.7. The predicted octanol–water partition coefficient (Wildman–Crippen LogP) is 2.64. The predicted molar refractivity (Wildman–Crippen MR) is 72.8 cm³/mol. The highest BCUT2D eigenvalue weighted by molar-refractivity contribution is 5.94. The Morgan fingerprint density at radius 3 is 2.57 bits per heavy atom. The van der Waals surface area contributed by atoms with Crippen molar-refractivity contribution in [1.82, 2.24) is 14.7 Å². The molecule has 2 heterocycles. The highest BCUT2D eigenvalue weighted by Gasteiger charge is 2.25. The first-order valence-electron chi connectivity index (χ1n) is 6.88. The number of likely N-dealkylation sites (tertiary alicyclic amines) is 1. The summed E-state index contributed by atoms with van der Waals surface area (Å²) >= 11 is 0. The Bertz CT molecular complexity index is 634. The molecule has 110 valence electrons. The summed E-state index contributed by atoms with van der Waals surface area (Å²) in [7, 11) is 0. The molecular weight excluding hydrogens is 276 g/mol. The number of nitrogens with zero attached hydrogens (tertiary/aromatic N) is 3. The van der Waals surface area contributed by atoms with Crippen molar-refractivity contribution in [3.8, 4) is 0 Å². The molecule has 0 spiro atoms.